The van der Waals surface area contributed by atoms with Crippen LogP contribution in [0.4, 0.5) is 22.7 Å². The van der Waals surface area contributed by atoms with Crippen molar-refractivity contribution in [1.29, 1.82) is 0 Å². The van der Waals surface area contributed by atoms with Gasteiger partial charge in [0.05, 0.1) is 22.7 Å². The molecule has 0 aliphatic rings. The van der Waals surface area contributed by atoms with E-state index in [1.807, 2.05) is 24.3 Å². The van der Waals surface area contributed by atoms with Crippen molar-refractivity contribution in [3.63, 3.8) is 0 Å². The molecule has 2 rings (SSSR count). The molecule has 0 aliphatic carbocycles. The summed E-state index contributed by atoms with van der Waals surface area (Å²) < 4.78 is 0. The fourth-order valence-electron chi connectivity index (χ4n) is 1.51. The quantitative estimate of drug-likeness (QED) is 0.564. The SMILES string of the molecule is C.Nc1ccc(-c2ccc(N)c(N)c2)cc1N. The van der Waals surface area contributed by atoms with Crippen LogP contribution in [0.3, 0.4) is 0 Å². The van der Waals surface area contributed by atoms with Gasteiger partial charge in [0.25, 0.3) is 0 Å². The van der Waals surface area contributed by atoms with Crippen LogP contribution in [0.2, 0.25) is 0 Å². The van der Waals surface area contributed by atoms with Crippen molar-refractivity contribution in [2.45, 2.75) is 7.43 Å². The fourth-order valence-corrected chi connectivity index (χ4v) is 1.51. The highest BCUT2D eigenvalue weighted by atomic mass is 14.7. The van der Waals surface area contributed by atoms with Crippen molar-refractivity contribution in [1.82, 2.24) is 0 Å². The lowest BCUT2D eigenvalue weighted by atomic mass is 10.0. The number of nitrogen functional groups attached to an aromatic ring is 4. The van der Waals surface area contributed by atoms with Crippen molar-refractivity contribution in [3.8, 4) is 11.1 Å². The summed E-state index contributed by atoms with van der Waals surface area (Å²) in [6.07, 6.45) is 0. The first-order valence-electron chi connectivity index (χ1n) is 4.88. The van der Waals surface area contributed by atoms with Crippen LogP contribution < -0.4 is 22.9 Å². The second-order valence-electron chi connectivity index (χ2n) is 3.69. The monoisotopic (exact) mass is 230 g/mol. The molecule has 0 spiro atoms. The third-order valence-corrected chi connectivity index (χ3v) is 2.51. The highest BCUT2D eigenvalue weighted by molar-refractivity contribution is 5.78. The average molecular weight is 230 g/mol. The highest BCUT2D eigenvalue weighted by Crippen LogP contribution is 2.28. The molecule has 0 unspecified atom stereocenters. The maximum Gasteiger partial charge on any atom is 0.0554 e. The lowest BCUT2D eigenvalue weighted by Crippen LogP contribution is -1.96. The van der Waals surface area contributed by atoms with Gasteiger partial charge in [-0.25, -0.2) is 0 Å². The molecule has 0 atom stereocenters. The predicted molar refractivity (Wildman–Crippen MR) is 76.3 cm³/mol. The minimum atomic E-state index is 0. The molecule has 0 bridgehead atoms. The zero-order chi connectivity index (χ0) is 11.7. The predicted octanol–water partition coefficient (Wildman–Crippen LogP) is 2.32. The van der Waals surface area contributed by atoms with Crippen molar-refractivity contribution >= 4 is 22.7 Å². The van der Waals surface area contributed by atoms with Gasteiger partial charge < -0.3 is 22.9 Å². The molecule has 0 saturated carbocycles. The highest BCUT2D eigenvalue weighted by Gasteiger charge is 2.02. The lowest BCUT2D eigenvalue weighted by Gasteiger charge is -2.07. The fraction of sp³-hybridized carbons (Fsp3) is 0.0769. The first kappa shape index (κ1) is 12.7. The summed E-state index contributed by atoms with van der Waals surface area (Å²) >= 11 is 0. The molecule has 0 heterocycles. The van der Waals surface area contributed by atoms with Gasteiger partial charge in [0, 0.05) is 0 Å². The van der Waals surface area contributed by atoms with E-state index < -0.39 is 0 Å². The summed E-state index contributed by atoms with van der Waals surface area (Å²) in [6, 6.07) is 11.0. The van der Waals surface area contributed by atoms with E-state index in [1.54, 1.807) is 12.1 Å². The Hall–Kier alpha value is -2.36. The molecule has 0 saturated heterocycles. The molecule has 2 aromatic rings. The third-order valence-electron chi connectivity index (χ3n) is 2.51. The van der Waals surface area contributed by atoms with Crippen molar-refractivity contribution in [2.24, 2.45) is 0 Å². The number of anilines is 4. The molecular weight excluding hydrogens is 212 g/mol. The van der Waals surface area contributed by atoms with Crippen LogP contribution in [-0.4, -0.2) is 0 Å². The van der Waals surface area contributed by atoms with Crippen LogP contribution in [0.25, 0.3) is 11.1 Å². The summed E-state index contributed by atoms with van der Waals surface area (Å²) in [4.78, 5) is 0. The topological polar surface area (TPSA) is 104 Å². The second-order valence-corrected chi connectivity index (χ2v) is 3.69. The first-order valence-corrected chi connectivity index (χ1v) is 4.88. The van der Waals surface area contributed by atoms with Crippen LogP contribution >= 0.6 is 0 Å². The standard InChI is InChI=1S/C12H14N4.CH4/c13-9-3-1-7(5-11(9)15)8-2-4-10(14)12(16)6-8;/h1-6H,13-16H2;1H4. The molecule has 4 heteroatoms. The van der Waals surface area contributed by atoms with E-state index in [4.69, 9.17) is 22.9 Å². The van der Waals surface area contributed by atoms with Crippen LogP contribution in [0.5, 0.6) is 0 Å². The van der Waals surface area contributed by atoms with E-state index >= 15 is 0 Å². The van der Waals surface area contributed by atoms with Crippen molar-refractivity contribution in [2.75, 3.05) is 22.9 Å². The Balaban J connectivity index is 0.00000144. The number of hydrogen-bond donors (Lipinski definition) is 4. The van der Waals surface area contributed by atoms with Crippen LogP contribution in [0.1, 0.15) is 7.43 Å². The Kier molecular flexibility index (Phi) is 3.48. The minimum absolute atomic E-state index is 0. The lowest BCUT2D eigenvalue weighted by molar-refractivity contribution is 1.60. The summed E-state index contributed by atoms with van der Waals surface area (Å²) in [5.74, 6) is 0. The Morgan fingerprint density at radius 1 is 0.529 bits per heavy atom. The summed E-state index contributed by atoms with van der Waals surface area (Å²) in [7, 11) is 0. The van der Waals surface area contributed by atoms with Gasteiger partial charge in [0.1, 0.15) is 0 Å². The Morgan fingerprint density at radius 2 is 0.882 bits per heavy atom. The second kappa shape index (κ2) is 4.65. The molecule has 17 heavy (non-hydrogen) atoms. The van der Waals surface area contributed by atoms with Crippen molar-refractivity contribution in [3.05, 3.63) is 36.4 Å². The zero-order valence-corrected chi connectivity index (χ0v) is 8.77. The largest absolute Gasteiger partial charge is 0.397 e. The molecule has 8 N–H and O–H groups in total. The van der Waals surface area contributed by atoms with Gasteiger partial charge in [0.2, 0.25) is 0 Å². The van der Waals surface area contributed by atoms with Gasteiger partial charge in [-0.2, -0.15) is 0 Å². The molecular formula is C13H18N4. The van der Waals surface area contributed by atoms with E-state index in [1.165, 1.54) is 0 Å². The molecule has 2 aromatic carbocycles. The normalized spacial score (nSPS) is 9.65. The van der Waals surface area contributed by atoms with Gasteiger partial charge in [-0.15, -0.1) is 0 Å². The summed E-state index contributed by atoms with van der Waals surface area (Å²) in [5, 5.41) is 0. The number of nitrogens with two attached hydrogens (primary N) is 4. The first-order chi connectivity index (χ1) is 7.58. The van der Waals surface area contributed by atoms with E-state index in [9.17, 15) is 0 Å². The number of rotatable bonds is 1. The van der Waals surface area contributed by atoms with E-state index in [-0.39, 0.29) is 7.43 Å². The maximum atomic E-state index is 5.74. The average Bonchev–Trinajstić information content (AvgIpc) is 2.26. The number of hydrogen-bond acceptors (Lipinski definition) is 4. The molecule has 4 nitrogen and oxygen atoms in total. The number of benzene rings is 2. The van der Waals surface area contributed by atoms with Gasteiger partial charge in [0.15, 0.2) is 0 Å². The van der Waals surface area contributed by atoms with E-state index in [2.05, 4.69) is 0 Å². The molecule has 0 fully saturated rings. The van der Waals surface area contributed by atoms with E-state index in [0.717, 1.165) is 11.1 Å². The molecule has 0 aromatic heterocycles. The Morgan fingerprint density at radius 3 is 1.18 bits per heavy atom. The maximum absolute atomic E-state index is 5.74. The van der Waals surface area contributed by atoms with Gasteiger partial charge >= 0.3 is 0 Å². The Labute approximate surface area is 101 Å². The van der Waals surface area contributed by atoms with Gasteiger partial charge in [-0.1, -0.05) is 19.6 Å². The van der Waals surface area contributed by atoms with Gasteiger partial charge in [-0.3, -0.25) is 0 Å². The third kappa shape index (κ3) is 2.42. The molecule has 90 valence electrons. The molecule has 0 radical (unpaired) electrons. The Bertz CT molecular complexity index is 485. The van der Waals surface area contributed by atoms with Crippen LogP contribution in [0.15, 0.2) is 36.4 Å². The van der Waals surface area contributed by atoms with Crippen LogP contribution in [0, 0.1) is 0 Å². The zero-order valence-electron chi connectivity index (χ0n) is 8.77. The van der Waals surface area contributed by atoms with E-state index in [0.29, 0.717) is 22.7 Å². The minimum Gasteiger partial charge on any atom is -0.397 e. The van der Waals surface area contributed by atoms with Crippen molar-refractivity contribution < 1.29 is 0 Å². The summed E-state index contributed by atoms with van der Waals surface area (Å²) in [5.41, 5.74) is 27.0. The van der Waals surface area contributed by atoms with Crippen LogP contribution in [-0.2, 0) is 0 Å². The molecule has 0 amide bonds. The smallest absolute Gasteiger partial charge is 0.0554 e. The molecule has 0 aliphatic heterocycles. The van der Waals surface area contributed by atoms with Gasteiger partial charge in [-0.05, 0) is 35.4 Å². The summed E-state index contributed by atoms with van der Waals surface area (Å²) in [6.45, 7) is 0.